The fourth-order valence-corrected chi connectivity index (χ4v) is 3.06. The van der Waals surface area contributed by atoms with Gasteiger partial charge in [0.05, 0.1) is 19.3 Å². The Morgan fingerprint density at radius 2 is 2.12 bits per heavy atom. The molecule has 0 aromatic rings. The third-order valence-electron chi connectivity index (χ3n) is 4.21. The molecule has 0 aromatic carbocycles. The normalized spacial score (nSPS) is 24.9. The maximum atomic E-state index is 11.4. The molecule has 0 bridgehead atoms. The number of rotatable bonds is 7. The summed E-state index contributed by atoms with van der Waals surface area (Å²) in [7, 11) is 0. The zero-order valence-electron chi connectivity index (χ0n) is 15.0. The Morgan fingerprint density at radius 3 is 2.83 bits per heavy atom. The first kappa shape index (κ1) is 19.0. The van der Waals surface area contributed by atoms with Gasteiger partial charge in [-0.3, -0.25) is 9.79 Å². The molecule has 0 amide bonds. The molecular formula is C17H31N3O4. The Labute approximate surface area is 144 Å². The average molecular weight is 341 g/mol. The van der Waals surface area contributed by atoms with Crippen LogP contribution >= 0.6 is 0 Å². The first-order chi connectivity index (χ1) is 11.7. The van der Waals surface area contributed by atoms with E-state index in [0.717, 1.165) is 45.0 Å². The Morgan fingerprint density at radius 1 is 1.29 bits per heavy atom. The van der Waals surface area contributed by atoms with Gasteiger partial charge in [-0.15, -0.1) is 0 Å². The highest BCUT2D eigenvalue weighted by Crippen LogP contribution is 2.21. The number of nitrogens with zero attached hydrogens (tertiary/aromatic N) is 2. The lowest BCUT2D eigenvalue weighted by atomic mass is 10.1. The summed E-state index contributed by atoms with van der Waals surface area (Å²) < 4.78 is 16.6. The maximum Gasteiger partial charge on any atom is 0.305 e. The molecule has 0 saturated carbocycles. The van der Waals surface area contributed by atoms with Crippen molar-refractivity contribution in [2.24, 2.45) is 4.99 Å². The van der Waals surface area contributed by atoms with Crippen molar-refractivity contribution < 1.29 is 19.0 Å². The van der Waals surface area contributed by atoms with Crippen molar-refractivity contribution in [3.8, 4) is 0 Å². The summed E-state index contributed by atoms with van der Waals surface area (Å²) >= 11 is 0. The summed E-state index contributed by atoms with van der Waals surface area (Å²) in [5.41, 5.74) is 0. The molecule has 0 aromatic heterocycles. The highest BCUT2D eigenvalue weighted by atomic mass is 16.5. The van der Waals surface area contributed by atoms with E-state index in [1.165, 1.54) is 0 Å². The topological polar surface area (TPSA) is 72.4 Å². The zero-order chi connectivity index (χ0) is 17.2. The molecule has 2 heterocycles. The van der Waals surface area contributed by atoms with Crippen LogP contribution in [0.2, 0.25) is 0 Å². The maximum absolute atomic E-state index is 11.4. The molecule has 138 valence electrons. The number of aliphatic imine (C=N–C) groups is 1. The Balaban J connectivity index is 1.83. The molecule has 0 spiro atoms. The lowest BCUT2D eigenvalue weighted by molar-refractivity contribution is -0.143. The van der Waals surface area contributed by atoms with Crippen LogP contribution in [-0.2, 0) is 19.0 Å². The second-order valence-corrected chi connectivity index (χ2v) is 6.05. The first-order valence-corrected chi connectivity index (χ1v) is 9.16. The van der Waals surface area contributed by atoms with Crippen LogP contribution < -0.4 is 5.32 Å². The number of hydrogen-bond acceptors (Lipinski definition) is 5. The predicted molar refractivity (Wildman–Crippen MR) is 92.1 cm³/mol. The van der Waals surface area contributed by atoms with E-state index < -0.39 is 0 Å². The summed E-state index contributed by atoms with van der Waals surface area (Å²) in [5, 5.41) is 3.34. The van der Waals surface area contributed by atoms with E-state index in [1.807, 2.05) is 6.92 Å². The van der Waals surface area contributed by atoms with Crippen LogP contribution in [0.5, 0.6) is 0 Å². The van der Waals surface area contributed by atoms with Crippen molar-refractivity contribution >= 4 is 11.9 Å². The van der Waals surface area contributed by atoms with E-state index in [9.17, 15) is 4.79 Å². The molecule has 1 N–H and O–H groups in total. The molecule has 7 heteroatoms. The van der Waals surface area contributed by atoms with Gasteiger partial charge in [0, 0.05) is 39.2 Å². The number of carbonyl (C=O) groups excluding carboxylic acids is 1. The molecule has 24 heavy (non-hydrogen) atoms. The quantitative estimate of drug-likeness (QED) is 0.324. The SMILES string of the molecule is CCNC(=NCCCC(=O)OCC)N1CCOC(C2CCCO2)C1. The minimum atomic E-state index is -0.150. The van der Waals surface area contributed by atoms with E-state index in [-0.39, 0.29) is 18.2 Å². The van der Waals surface area contributed by atoms with Gasteiger partial charge in [-0.05, 0) is 33.1 Å². The summed E-state index contributed by atoms with van der Waals surface area (Å²) in [5.74, 6) is 0.746. The lowest BCUT2D eigenvalue weighted by Crippen LogP contribution is -2.53. The number of hydrogen-bond donors (Lipinski definition) is 1. The van der Waals surface area contributed by atoms with Crippen molar-refractivity contribution in [2.45, 2.75) is 51.7 Å². The van der Waals surface area contributed by atoms with Gasteiger partial charge in [0.1, 0.15) is 6.10 Å². The lowest BCUT2D eigenvalue weighted by Gasteiger charge is -2.37. The summed E-state index contributed by atoms with van der Waals surface area (Å²) in [6.07, 6.45) is 3.63. The van der Waals surface area contributed by atoms with Crippen molar-refractivity contribution in [1.82, 2.24) is 10.2 Å². The van der Waals surface area contributed by atoms with Crippen LogP contribution in [0.3, 0.4) is 0 Å². The standard InChI is InChI=1S/C17H31N3O4/c1-3-18-17(19-9-5-8-16(21)22-4-2)20-10-12-24-15(13-20)14-7-6-11-23-14/h14-15H,3-13H2,1-2H3,(H,18,19). The molecule has 0 radical (unpaired) electrons. The first-order valence-electron chi connectivity index (χ1n) is 9.16. The van der Waals surface area contributed by atoms with Crippen LogP contribution in [0.25, 0.3) is 0 Å². The van der Waals surface area contributed by atoms with Gasteiger partial charge >= 0.3 is 5.97 Å². The van der Waals surface area contributed by atoms with Crippen molar-refractivity contribution in [3.63, 3.8) is 0 Å². The number of nitrogens with one attached hydrogen (secondary N) is 1. The molecule has 2 saturated heterocycles. The number of esters is 1. The fourth-order valence-electron chi connectivity index (χ4n) is 3.06. The third-order valence-corrected chi connectivity index (χ3v) is 4.21. The van der Waals surface area contributed by atoms with Crippen molar-refractivity contribution in [3.05, 3.63) is 0 Å². The van der Waals surface area contributed by atoms with E-state index in [1.54, 1.807) is 0 Å². The smallest absolute Gasteiger partial charge is 0.305 e. The monoisotopic (exact) mass is 341 g/mol. The van der Waals surface area contributed by atoms with Crippen LogP contribution in [0, 0.1) is 0 Å². The molecule has 2 fully saturated rings. The van der Waals surface area contributed by atoms with Crippen LogP contribution in [0.4, 0.5) is 0 Å². The molecule has 2 atom stereocenters. The van der Waals surface area contributed by atoms with Crippen molar-refractivity contribution in [1.29, 1.82) is 0 Å². The van der Waals surface area contributed by atoms with Crippen molar-refractivity contribution in [2.75, 3.05) is 46.0 Å². The van der Waals surface area contributed by atoms with Gasteiger partial charge in [0.25, 0.3) is 0 Å². The number of morpholine rings is 1. The van der Waals surface area contributed by atoms with Crippen LogP contribution in [0.15, 0.2) is 4.99 Å². The summed E-state index contributed by atoms with van der Waals surface area (Å²) in [6.45, 7) is 8.91. The number of ether oxygens (including phenoxy) is 3. The van der Waals surface area contributed by atoms with Gasteiger partial charge in [-0.25, -0.2) is 0 Å². The highest BCUT2D eigenvalue weighted by molar-refractivity contribution is 5.80. The largest absolute Gasteiger partial charge is 0.466 e. The van der Waals surface area contributed by atoms with Crippen LogP contribution in [-0.4, -0.2) is 75.0 Å². The zero-order valence-corrected chi connectivity index (χ0v) is 15.0. The Kier molecular flexibility index (Phi) is 8.32. The highest BCUT2D eigenvalue weighted by Gasteiger charge is 2.32. The predicted octanol–water partition coefficient (Wildman–Crippen LogP) is 1.18. The minimum Gasteiger partial charge on any atom is -0.466 e. The Hall–Kier alpha value is -1.34. The summed E-state index contributed by atoms with van der Waals surface area (Å²) in [4.78, 5) is 18.3. The number of carbonyl (C=O) groups is 1. The Bertz CT molecular complexity index is 411. The van der Waals surface area contributed by atoms with E-state index in [4.69, 9.17) is 14.2 Å². The van der Waals surface area contributed by atoms with E-state index in [0.29, 0.717) is 32.6 Å². The van der Waals surface area contributed by atoms with Gasteiger partial charge in [0.2, 0.25) is 0 Å². The molecule has 2 rings (SSSR count). The van der Waals surface area contributed by atoms with Gasteiger partial charge in [-0.1, -0.05) is 0 Å². The second-order valence-electron chi connectivity index (χ2n) is 6.05. The average Bonchev–Trinajstić information content (AvgIpc) is 3.13. The molecule has 2 aliphatic rings. The number of guanidine groups is 1. The molecule has 2 unspecified atom stereocenters. The van der Waals surface area contributed by atoms with Gasteiger partial charge < -0.3 is 24.4 Å². The third kappa shape index (κ3) is 5.94. The fraction of sp³-hybridized carbons (Fsp3) is 0.882. The van der Waals surface area contributed by atoms with Gasteiger partial charge in [0.15, 0.2) is 5.96 Å². The van der Waals surface area contributed by atoms with E-state index in [2.05, 4.69) is 22.1 Å². The summed E-state index contributed by atoms with van der Waals surface area (Å²) in [6, 6.07) is 0. The van der Waals surface area contributed by atoms with Gasteiger partial charge in [-0.2, -0.15) is 0 Å². The molecule has 2 aliphatic heterocycles. The van der Waals surface area contributed by atoms with E-state index >= 15 is 0 Å². The van der Waals surface area contributed by atoms with Crippen LogP contribution in [0.1, 0.15) is 39.5 Å². The molecular weight excluding hydrogens is 310 g/mol. The molecule has 7 nitrogen and oxygen atoms in total. The minimum absolute atomic E-state index is 0.115. The molecule has 0 aliphatic carbocycles. The second kappa shape index (κ2) is 10.5.